The van der Waals surface area contributed by atoms with Crippen LogP contribution in [0, 0.1) is 15.5 Å². The molecule has 1 N–H and O–H groups in total. The van der Waals surface area contributed by atoms with Crippen LogP contribution in [0.5, 0.6) is 5.75 Å². The number of ether oxygens (including phenoxy) is 2. The van der Waals surface area contributed by atoms with Crippen molar-refractivity contribution in [3.05, 3.63) is 33.9 Å². The van der Waals surface area contributed by atoms with Gasteiger partial charge in [-0.3, -0.25) is 14.9 Å². The van der Waals surface area contributed by atoms with Gasteiger partial charge in [0.05, 0.1) is 24.1 Å². The molecule has 7 heteroatoms. The molecule has 0 radical (unpaired) electrons. The van der Waals surface area contributed by atoms with Crippen molar-refractivity contribution >= 4 is 11.7 Å². The molecule has 0 aromatic heterocycles. The highest BCUT2D eigenvalue weighted by Crippen LogP contribution is 2.36. The standard InChI is InChI=1S/C13H15NO6/c1-19-11-3-2-10(14(17)18)6-9(11)7-13(12(15)16)4-5-20-8-13/h2-3,6H,4-5,7-8H2,1H3,(H,15,16). The normalized spacial score (nSPS) is 21.6. The summed E-state index contributed by atoms with van der Waals surface area (Å²) in [5.41, 5.74) is -0.613. The first-order valence-corrected chi connectivity index (χ1v) is 6.11. The molecule has 0 aliphatic carbocycles. The number of methoxy groups -OCH3 is 1. The highest BCUT2D eigenvalue weighted by Gasteiger charge is 2.43. The summed E-state index contributed by atoms with van der Waals surface area (Å²) in [5, 5.41) is 20.2. The molecule has 0 saturated carbocycles. The highest BCUT2D eigenvalue weighted by molar-refractivity contribution is 5.76. The van der Waals surface area contributed by atoms with Crippen LogP contribution in [0.2, 0.25) is 0 Å². The number of carbonyl (C=O) groups is 1. The van der Waals surface area contributed by atoms with Gasteiger partial charge in [-0.2, -0.15) is 0 Å². The highest BCUT2D eigenvalue weighted by atomic mass is 16.6. The third-order valence-corrected chi connectivity index (χ3v) is 3.56. The summed E-state index contributed by atoms with van der Waals surface area (Å²) >= 11 is 0. The molecular formula is C13H15NO6. The summed E-state index contributed by atoms with van der Waals surface area (Å²) in [4.78, 5) is 21.8. The molecular weight excluding hydrogens is 266 g/mol. The third-order valence-electron chi connectivity index (χ3n) is 3.56. The van der Waals surface area contributed by atoms with E-state index in [9.17, 15) is 20.0 Å². The lowest BCUT2D eigenvalue weighted by Gasteiger charge is -2.22. The first-order chi connectivity index (χ1) is 9.48. The molecule has 108 valence electrons. The van der Waals surface area contributed by atoms with Crippen molar-refractivity contribution < 1.29 is 24.3 Å². The third kappa shape index (κ3) is 2.57. The van der Waals surface area contributed by atoms with E-state index in [4.69, 9.17) is 9.47 Å². The predicted molar refractivity (Wildman–Crippen MR) is 68.9 cm³/mol. The minimum atomic E-state index is -1.04. The Bertz CT molecular complexity index is 536. The molecule has 1 heterocycles. The molecule has 0 amide bonds. The van der Waals surface area contributed by atoms with Crippen LogP contribution < -0.4 is 4.74 Å². The molecule has 20 heavy (non-hydrogen) atoms. The van der Waals surface area contributed by atoms with Crippen LogP contribution in [0.15, 0.2) is 18.2 Å². The number of nitrogens with zero attached hydrogens (tertiary/aromatic N) is 1. The first-order valence-electron chi connectivity index (χ1n) is 6.11. The number of carboxylic acid groups (broad SMARTS) is 1. The predicted octanol–water partition coefficient (Wildman–Crippen LogP) is 1.64. The van der Waals surface area contributed by atoms with Crippen LogP contribution in [-0.4, -0.2) is 36.3 Å². The van der Waals surface area contributed by atoms with Crippen LogP contribution in [0.4, 0.5) is 5.69 Å². The Balaban J connectivity index is 2.37. The van der Waals surface area contributed by atoms with Crippen LogP contribution in [0.3, 0.4) is 0 Å². The van der Waals surface area contributed by atoms with Crippen LogP contribution >= 0.6 is 0 Å². The van der Waals surface area contributed by atoms with Crippen molar-refractivity contribution in [2.45, 2.75) is 12.8 Å². The number of aliphatic carboxylic acids is 1. The SMILES string of the molecule is COc1ccc([N+](=O)[O-])cc1CC1(C(=O)O)CCOC1. The molecule has 1 unspecified atom stereocenters. The molecule has 1 aromatic rings. The number of benzene rings is 1. The number of carboxylic acids is 1. The molecule has 1 aliphatic rings. The zero-order valence-corrected chi connectivity index (χ0v) is 11.0. The quantitative estimate of drug-likeness (QED) is 0.650. The van der Waals surface area contributed by atoms with E-state index in [1.807, 2.05) is 0 Å². The Labute approximate surface area is 115 Å². The Hall–Kier alpha value is -2.15. The summed E-state index contributed by atoms with van der Waals surface area (Å²) in [6.07, 6.45) is 0.529. The van der Waals surface area contributed by atoms with E-state index >= 15 is 0 Å². The molecule has 1 saturated heterocycles. The lowest BCUT2D eigenvalue weighted by Crippen LogP contribution is -2.34. The smallest absolute Gasteiger partial charge is 0.312 e. The van der Waals surface area contributed by atoms with E-state index < -0.39 is 16.3 Å². The zero-order chi connectivity index (χ0) is 14.8. The summed E-state index contributed by atoms with van der Waals surface area (Å²) in [6, 6.07) is 4.18. The fourth-order valence-electron chi connectivity index (χ4n) is 2.37. The average molecular weight is 281 g/mol. The van der Waals surface area contributed by atoms with Gasteiger partial charge in [-0.15, -0.1) is 0 Å². The Morgan fingerprint density at radius 3 is 2.85 bits per heavy atom. The summed E-state index contributed by atoms with van der Waals surface area (Å²) < 4.78 is 10.3. The lowest BCUT2D eigenvalue weighted by atomic mass is 9.80. The summed E-state index contributed by atoms with van der Waals surface area (Å²) in [5.74, 6) is -0.508. The van der Waals surface area contributed by atoms with Crippen molar-refractivity contribution in [2.24, 2.45) is 5.41 Å². The largest absolute Gasteiger partial charge is 0.496 e. The van der Waals surface area contributed by atoms with Crippen molar-refractivity contribution in [1.82, 2.24) is 0 Å². The Morgan fingerprint density at radius 1 is 1.60 bits per heavy atom. The van der Waals surface area contributed by atoms with Crippen molar-refractivity contribution in [3.63, 3.8) is 0 Å². The van der Waals surface area contributed by atoms with Crippen molar-refractivity contribution in [3.8, 4) is 5.75 Å². The molecule has 2 rings (SSSR count). The lowest BCUT2D eigenvalue weighted by molar-refractivity contribution is -0.384. The van der Waals surface area contributed by atoms with Gasteiger partial charge in [-0.25, -0.2) is 0 Å². The van der Waals surface area contributed by atoms with Gasteiger partial charge >= 0.3 is 5.97 Å². The van der Waals surface area contributed by atoms with Crippen molar-refractivity contribution in [2.75, 3.05) is 20.3 Å². The molecule has 1 aliphatic heterocycles. The first kappa shape index (κ1) is 14.3. The molecule has 0 spiro atoms. The number of rotatable bonds is 5. The Kier molecular flexibility index (Phi) is 3.89. The number of nitro groups is 1. The van der Waals surface area contributed by atoms with Gasteiger partial charge in [-0.1, -0.05) is 0 Å². The maximum Gasteiger partial charge on any atom is 0.312 e. The maximum atomic E-state index is 11.5. The second-order valence-electron chi connectivity index (χ2n) is 4.82. The topological polar surface area (TPSA) is 98.9 Å². The number of non-ortho nitro benzene ring substituents is 1. The van der Waals surface area contributed by atoms with Gasteiger partial charge in [0.2, 0.25) is 0 Å². The number of hydrogen-bond donors (Lipinski definition) is 1. The molecule has 0 bridgehead atoms. The monoisotopic (exact) mass is 281 g/mol. The van der Waals surface area contributed by atoms with Crippen LogP contribution in [-0.2, 0) is 16.0 Å². The fourth-order valence-corrected chi connectivity index (χ4v) is 2.37. The van der Waals surface area contributed by atoms with Crippen molar-refractivity contribution in [1.29, 1.82) is 0 Å². The number of hydrogen-bond acceptors (Lipinski definition) is 5. The minimum absolute atomic E-state index is 0.0831. The summed E-state index contributed by atoms with van der Waals surface area (Å²) in [6.45, 7) is 0.484. The van der Waals surface area contributed by atoms with E-state index in [0.29, 0.717) is 24.3 Å². The maximum absolute atomic E-state index is 11.5. The second kappa shape index (κ2) is 5.46. The van der Waals surface area contributed by atoms with E-state index in [1.165, 1.54) is 25.3 Å². The van der Waals surface area contributed by atoms with Crippen LogP contribution in [0.25, 0.3) is 0 Å². The van der Waals surface area contributed by atoms with E-state index in [-0.39, 0.29) is 18.7 Å². The van der Waals surface area contributed by atoms with Gasteiger partial charge < -0.3 is 14.6 Å². The molecule has 1 aromatic carbocycles. The van der Waals surface area contributed by atoms with E-state index in [0.717, 1.165) is 0 Å². The molecule has 1 fully saturated rings. The van der Waals surface area contributed by atoms with Gasteiger partial charge in [-0.05, 0) is 18.9 Å². The summed E-state index contributed by atoms with van der Waals surface area (Å²) in [7, 11) is 1.45. The average Bonchev–Trinajstić information content (AvgIpc) is 2.88. The van der Waals surface area contributed by atoms with Gasteiger partial charge in [0.15, 0.2) is 0 Å². The van der Waals surface area contributed by atoms with E-state index in [1.54, 1.807) is 0 Å². The zero-order valence-electron chi connectivity index (χ0n) is 11.0. The second-order valence-corrected chi connectivity index (χ2v) is 4.82. The van der Waals surface area contributed by atoms with Gasteiger partial charge in [0, 0.05) is 24.3 Å². The molecule has 7 nitrogen and oxygen atoms in total. The molecule has 1 atom stereocenters. The fraction of sp³-hybridized carbons (Fsp3) is 0.462. The van der Waals surface area contributed by atoms with Gasteiger partial charge in [0.1, 0.15) is 5.75 Å². The van der Waals surface area contributed by atoms with Crippen LogP contribution in [0.1, 0.15) is 12.0 Å². The Morgan fingerprint density at radius 2 is 2.35 bits per heavy atom. The number of nitro benzene ring substituents is 1. The minimum Gasteiger partial charge on any atom is -0.496 e. The van der Waals surface area contributed by atoms with Gasteiger partial charge in [0.25, 0.3) is 5.69 Å². The van der Waals surface area contributed by atoms with E-state index in [2.05, 4.69) is 0 Å².